The number of thiazole rings is 1. The number of benzene rings is 1. The summed E-state index contributed by atoms with van der Waals surface area (Å²) in [6.45, 7) is 2.37. The van der Waals surface area contributed by atoms with Gasteiger partial charge in [-0.3, -0.25) is 0 Å². The van der Waals surface area contributed by atoms with Crippen molar-refractivity contribution in [2.75, 3.05) is 18.0 Å². The lowest BCUT2D eigenvalue weighted by Gasteiger charge is -2.29. The highest BCUT2D eigenvalue weighted by Gasteiger charge is 2.12. The molecule has 0 bridgehead atoms. The van der Waals surface area contributed by atoms with Crippen LogP contribution >= 0.6 is 27.3 Å². The molecule has 1 aromatic carbocycles. The zero-order valence-corrected chi connectivity index (χ0v) is 12.5. The molecule has 94 valence electrons. The molecule has 0 unspecified atom stereocenters. The molecule has 0 spiro atoms. The topological polar surface area (TPSA) is 16.1 Å². The third-order valence-electron chi connectivity index (χ3n) is 3.29. The number of hydrogen-bond acceptors (Lipinski definition) is 3. The van der Waals surface area contributed by atoms with Crippen LogP contribution in [0.2, 0.25) is 0 Å². The third-order valence-corrected chi connectivity index (χ3v) is 4.89. The molecular formula is C14H15BrN2S. The largest absolute Gasteiger partial charge is 0.372 e. The van der Waals surface area contributed by atoms with Gasteiger partial charge in [0.05, 0.1) is 0 Å². The Kier molecular flexibility index (Phi) is 3.66. The van der Waals surface area contributed by atoms with E-state index in [9.17, 15) is 0 Å². The van der Waals surface area contributed by atoms with E-state index in [0.717, 1.165) is 9.61 Å². The maximum atomic E-state index is 4.48. The smallest absolute Gasteiger partial charge is 0.124 e. The molecule has 2 heterocycles. The first kappa shape index (κ1) is 12.2. The van der Waals surface area contributed by atoms with E-state index in [1.54, 1.807) is 11.3 Å². The van der Waals surface area contributed by atoms with Crippen LogP contribution in [0.4, 0.5) is 5.69 Å². The molecule has 0 atom stereocenters. The van der Waals surface area contributed by atoms with E-state index in [0.29, 0.717) is 0 Å². The van der Waals surface area contributed by atoms with Gasteiger partial charge in [0.2, 0.25) is 0 Å². The minimum absolute atomic E-state index is 0.922. The Balaban J connectivity index is 1.88. The maximum Gasteiger partial charge on any atom is 0.124 e. The van der Waals surface area contributed by atoms with Gasteiger partial charge in [-0.05, 0) is 47.3 Å². The summed E-state index contributed by atoms with van der Waals surface area (Å²) in [4.78, 5) is 6.97. The lowest BCUT2D eigenvalue weighted by Crippen LogP contribution is -2.29. The fourth-order valence-electron chi connectivity index (χ4n) is 2.37. The Bertz CT molecular complexity index is 532. The molecule has 2 aromatic rings. The summed E-state index contributed by atoms with van der Waals surface area (Å²) >= 11 is 5.09. The Hall–Kier alpha value is -0.870. The van der Waals surface area contributed by atoms with Crippen LogP contribution in [-0.2, 0) is 0 Å². The molecule has 0 aliphatic carbocycles. The Morgan fingerprint density at radius 3 is 2.72 bits per heavy atom. The van der Waals surface area contributed by atoms with Crippen molar-refractivity contribution >= 4 is 33.0 Å². The predicted octanol–water partition coefficient (Wildman–Crippen LogP) is 4.56. The average molecular weight is 323 g/mol. The standard InChI is InChI=1S/C14H15BrN2S/c15-13-10-18-14(16-13)11-5-4-6-12(9-11)17-7-2-1-3-8-17/h4-6,9-10H,1-3,7-8H2. The summed E-state index contributed by atoms with van der Waals surface area (Å²) in [6.07, 6.45) is 4.00. The van der Waals surface area contributed by atoms with Gasteiger partial charge in [0.15, 0.2) is 0 Å². The molecule has 1 fully saturated rings. The van der Waals surface area contributed by atoms with Gasteiger partial charge in [-0.25, -0.2) is 4.98 Å². The monoisotopic (exact) mass is 322 g/mol. The van der Waals surface area contributed by atoms with Crippen LogP contribution < -0.4 is 4.90 Å². The normalized spacial score (nSPS) is 15.9. The van der Waals surface area contributed by atoms with Crippen LogP contribution in [0, 0.1) is 0 Å². The molecule has 1 saturated heterocycles. The van der Waals surface area contributed by atoms with E-state index in [4.69, 9.17) is 0 Å². The summed E-state index contributed by atoms with van der Waals surface area (Å²) in [5.74, 6) is 0. The van der Waals surface area contributed by atoms with Crippen LogP contribution in [0.3, 0.4) is 0 Å². The number of aromatic nitrogens is 1. The van der Waals surface area contributed by atoms with Crippen molar-refractivity contribution in [1.29, 1.82) is 0 Å². The first-order chi connectivity index (χ1) is 8.83. The van der Waals surface area contributed by atoms with Crippen molar-refractivity contribution in [3.8, 4) is 10.6 Å². The minimum atomic E-state index is 0.922. The second-order valence-corrected chi connectivity index (χ2v) is 6.24. The average Bonchev–Trinajstić information content (AvgIpc) is 2.87. The van der Waals surface area contributed by atoms with Gasteiger partial charge < -0.3 is 4.90 Å². The molecule has 0 radical (unpaired) electrons. The van der Waals surface area contributed by atoms with Crippen molar-refractivity contribution in [2.24, 2.45) is 0 Å². The number of halogens is 1. The van der Waals surface area contributed by atoms with Crippen molar-refractivity contribution in [2.45, 2.75) is 19.3 Å². The molecule has 0 amide bonds. The lowest BCUT2D eigenvalue weighted by atomic mass is 10.1. The predicted molar refractivity (Wildman–Crippen MR) is 81.3 cm³/mol. The van der Waals surface area contributed by atoms with Gasteiger partial charge in [-0.1, -0.05) is 12.1 Å². The van der Waals surface area contributed by atoms with Crippen LogP contribution in [0.5, 0.6) is 0 Å². The van der Waals surface area contributed by atoms with Gasteiger partial charge in [-0.2, -0.15) is 0 Å². The zero-order chi connectivity index (χ0) is 12.4. The number of anilines is 1. The SMILES string of the molecule is Brc1csc(-c2cccc(N3CCCCC3)c2)n1. The molecule has 4 heteroatoms. The highest BCUT2D eigenvalue weighted by molar-refractivity contribution is 9.10. The summed E-state index contributed by atoms with van der Waals surface area (Å²) in [6, 6.07) is 8.74. The second-order valence-electron chi connectivity index (χ2n) is 4.57. The van der Waals surface area contributed by atoms with E-state index >= 15 is 0 Å². The van der Waals surface area contributed by atoms with Crippen LogP contribution in [0.15, 0.2) is 34.2 Å². The molecule has 18 heavy (non-hydrogen) atoms. The first-order valence-electron chi connectivity index (χ1n) is 6.29. The molecule has 2 nitrogen and oxygen atoms in total. The van der Waals surface area contributed by atoms with Crippen molar-refractivity contribution in [1.82, 2.24) is 4.98 Å². The van der Waals surface area contributed by atoms with Crippen molar-refractivity contribution < 1.29 is 0 Å². The Labute approximate surface area is 120 Å². The summed E-state index contributed by atoms with van der Waals surface area (Å²) in [5, 5.41) is 3.11. The highest BCUT2D eigenvalue weighted by atomic mass is 79.9. The Morgan fingerprint density at radius 1 is 1.17 bits per heavy atom. The minimum Gasteiger partial charge on any atom is -0.372 e. The number of piperidine rings is 1. The summed E-state index contributed by atoms with van der Waals surface area (Å²) in [5.41, 5.74) is 2.55. The maximum absolute atomic E-state index is 4.48. The van der Waals surface area contributed by atoms with Gasteiger partial charge >= 0.3 is 0 Å². The third kappa shape index (κ3) is 2.59. The van der Waals surface area contributed by atoms with Crippen molar-refractivity contribution in [3.05, 3.63) is 34.2 Å². The highest BCUT2D eigenvalue weighted by Crippen LogP contribution is 2.29. The van der Waals surface area contributed by atoms with Gasteiger partial charge in [0.25, 0.3) is 0 Å². The van der Waals surface area contributed by atoms with E-state index in [-0.39, 0.29) is 0 Å². The molecule has 3 rings (SSSR count). The number of hydrogen-bond donors (Lipinski definition) is 0. The van der Waals surface area contributed by atoms with E-state index in [1.807, 2.05) is 5.38 Å². The van der Waals surface area contributed by atoms with Crippen LogP contribution in [-0.4, -0.2) is 18.1 Å². The lowest BCUT2D eigenvalue weighted by molar-refractivity contribution is 0.578. The molecule has 1 aliphatic rings. The van der Waals surface area contributed by atoms with Crippen LogP contribution in [0.1, 0.15) is 19.3 Å². The first-order valence-corrected chi connectivity index (χ1v) is 7.96. The zero-order valence-electron chi connectivity index (χ0n) is 10.1. The van der Waals surface area contributed by atoms with Gasteiger partial charge in [0, 0.05) is 29.7 Å². The number of rotatable bonds is 2. The van der Waals surface area contributed by atoms with Gasteiger partial charge in [-0.15, -0.1) is 11.3 Å². The van der Waals surface area contributed by atoms with E-state index in [2.05, 4.69) is 50.1 Å². The fraction of sp³-hybridized carbons (Fsp3) is 0.357. The number of nitrogens with zero attached hydrogens (tertiary/aromatic N) is 2. The summed E-state index contributed by atoms with van der Waals surface area (Å²) in [7, 11) is 0. The van der Waals surface area contributed by atoms with E-state index < -0.39 is 0 Å². The quantitative estimate of drug-likeness (QED) is 0.805. The Morgan fingerprint density at radius 2 is 2.00 bits per heavy atom. The molecular weight excluding hydrogens is 308 g/mol. The van der Waals surface area contributed by atoms with Crippen LogP contribution in [0.25, 0.3) is 10.6 Å². The molecule has 1 aliphatic heterocycles. The molecule has 0 saturated carbocycles. The molecule has 0 N–H and O–H groups in total. The van der Waals surface area contributed by atoms with Gasteiger partial charge in [0.1, 0.15) is 9.61 Å². The van der Waals surface area contributed by atoms with E-state index in [1.165, 1.54) is 43.6 Å². The summed E-state index contributed by atoms with van der Waals surface area (Å²) < 4.78 is 0.922. The fourth-order valence-corrected chi connectivity index (χ4v) is 3.63. The van der Waals surface area contributed by atoms with Crippen molar-refractivity contribution in [3.63, 3.8) is 0 Å². The second kappa shape index (κ2) is 5.41. The molecule has 1 aromatic heterocycles.